The molecule has 10 heteroatoms. The maximum absolute atomic E-state index is 13.5. The van der Waals surface area contributed by atoms with E-state index in [1.165, 1.54) is 4.90 Å². The second kappa shape index (κ2) is 11.1. The van der Waals surface area contributed by atoms with Gasteiger partial charge in [-0.1, -0.05) is 25.0 Å². The smallest absolute Gasteiger partial charge is 0.408 e. The fraction of sp³-hybridized carbons (Fsp3) is 0.720. The Labute approximate surface area is 206 Å². The molecule has 3 N–H and O–H groups in total. The van der Waals surface area contributed by atoms with Crippen molar-refractivity contribution in [1.82, 2.24) is 20.9 Å². The first kappa shape index (κ1) is 26.5. The van der Waals surface area contributed by atoms with Crippen molar-refractivity contribution in [1.29, 1.82) is 5.26 Å². The minimum absolute atomic E-state index is 0.140. The number of fused-ring (bicyclic) bond motifs is 2. The van der Waals surface area contributed by atoms with Crippen LogP contribution < -0.4 is 16.0 Å². The molecule has 1 saturated heterocycles. The van der Waals surface area contributed by atoms with Gasteiger partial charge in [0.25, 0.3) is 0 Å². The molecule has 10 nitrogen and oxygen atoms in total. The van der Waals surface area contributed by atoms with Crippen LogP contribution in [0.5, 0.6) is 0 Å². The highest BCUT2D eigenvalue weighted by Crippen LogP contribution is 2.45. The third-order valence-electron chi connectivity index (χ3n) is 6.65. The number of rotatable bonds is 3. The van der Waals surface area contributed by atoms with Gasteiger partial charge in [0.1, 0.15) is 29.8 Å². The normalized spacial score (nSPS) is 29.4. The monoisotopic (exact) mass is 487 g/mol. The summed E-state index contributed by atoms with van der Waals surface area (Å²) in [5.74, 6) is -1.23. The Morgan fingerprint density at radius 3 is 2.71 bits per heavy atom. The van der Waals surface area contributed by atoms with Gasteiger partial charge in [-0.2, -0.15) is 5.26 Å². The summed E-state index contributed by atoms with van der Waals surface area (Å²) in [6.07, 6.45) is 8.72. The van der Waals surface area contributed by atoms with E-state index in [-0.39, 0.29) is 30.2 Å². The minimum Gasteiger partial charge on any atom is -0.444 e. The predicted octanol–water partition coefficient (Wildman–Crippen LogP) is 1.91. The molecule has 4 atom stereocenters. The SMILES string of the molecule is CC(C)(C)OC(=O)N[C@H]1CCCCCC=C[C@@H]2C[C@@]2(C(=O)NCC#N)NC(=O)[C@@H]2CCCN2C1=O. The van der Waals surface area contributed by atoms with Crippen LogP contribution in [0.3, 0.4) is 0 Å². The lowest BCUT2D eigenvalue weighted by molar-refractivity contribution is -0.141. The van der Waals surface area contributed by atoms with Gasteiger partial charge >= 0.3 is 6.09 Å². The summed E-state index contributed by atoms with van der Waals surface area (Å²) < 4.78 is 5.36. The highest BCUT2D eigenvalue weighted by molar-refractivity contribution is 5.98. The molecule has 0 aromatic rings. The molecule has 35 heavy (non-hydrogen) atoms. The predicted molar refractivity (Wildman–Crippen MR) is 128 cm³/mol. The van der Waals surface area contributed by atoms with Gasteiger partial charge in [0, 0.05) is 12.5 Å². The molecule has 4 amide bonds. The number of carbonyl (C=O) groups excluding carboxylic acids is 4. The maximum atomic E-state index is 13.5. The first-order valence-electron chi connectivity index (χ1n) is 12.5. The van der Waals surface area contributed by atoms with Gasteiger partial charge in [0.05, 0.1) is 6.07 Å². The van der Waals surface area contributed by atoms with Crippen LogP contribution in [0.4, 0.5) is 4.79 Å². The summed E-state index contributed by atoms with van der Waals surface area (Å²) >= 11 is 0. The summed E-state index contributed by atoms with van der Waals surface area (Å²) in [6.45, 7) is 5.53. The molecule has 1 aliphatic carbocycles. The zero-order valence-corrected chi connectivity index (χ0v) is 20.9. The number of nitrogens with zero attached hydrogens (tertiary/aromatic N) is 2. The number of carbonyl (C=O) groups is 4. The molecule has 0 aromatic heterocycles. The Bertz CT molecular complexity index is 905. The number of nitrogens with one attached hydrogen (secondary N) is 3. The number of ether oxygens (including phenoxy) is 1. The number of allylic oxidation sites excluding steroid dienone is 1. The zero-order chi connectivity index (χ0) is 25.6. The molecule has 0 aromatic carbocycles. The third kappa shape index (κ3) is 6.74. The van der Waals surface area contributed by atoms with Crippen molar-refractivity contribution < 1.29 is 23.9 Å². The minimum atomic E-state index is -1.10. The van der Waals surface area contributed by atoms with E-state index >= 15 is 0 Å². The van der Waals surface area contributed by atoms with Gasteiger partial charge in [-0.15, -0.1) is 0 Å². The molecule has 192 valence electrons. The van der Waals surface area contributed by atoms with Gasteiger partial charge in [0.15, 0.2) is 0 Å². The fourth-order valence-electron chi connectivity index (χ4n) is 4.82. The molecule has 0 spiro atoms. The van der Waals surface area contributed by atoms with E-state index < -0.39 is 29.3 Å². The molecular weight excluding hydrogens is 450 g/mol. The van der Waals surface area contributed by atoms with Gasteiger partial charge in [-0.3, -0.25) is 14.4 Å². The number of hydrogen-bond acceptors (Lipinski definition) is 6. The number of hydrogen-bond donors (Lipinski definition) is 3. The first-order valence-corrected chi connectivity index (χ1v) is 12.5. The maximum Gasteiger partial charge on any atom is 0.408 e. The standard InChI is InChI=1S/C25H37N5O5/c1-24(2,3)35-23(34)28-18-11-8-6-4-5-7-10-17-16-25(17,22(33)27-14-13-26)29-20(31)19-12-9-15-30(19)21(18)32/h7,10,17-19H,4-6,8-9,11-12,14-16H2,1-3H3,(H,27,33)(H,28,34)(H,29,31)/t17-,18+,19+,25-/m1/s1. The quantitative estimate of drug-likeness (QED) is 0.410. The fourth-order valence-corrected chi connectivity index (χ4v) is 4.82. The molecule has 3 aliphatic rings. The van der Waals surface area contributed by atoms with E-state index in [1.54, 1.807) is 20.8 Å². The van der Waals surface area contributed by atoms with Crippen molar-refractivity contribution in [2.24, 2.45) is 5.92 Å². The van der Waals surface area contributed by atoms with Crippen molar-refractivity contribution in [2.45, 2.75) is 95.4 Å². The highest BCUT2D eigenvalue weighted by atomic mass is 16.6. The average Bonchev–Trinajstić information content (AvgIpc) is 3.24. The molecule has 2 heterocycles. The van der Waals surface area contributed by atoms with Crippen molar-refractivity contribution in [3.63, 3.8) is 0 Å². The third-order valence-corrected chi connectivity index (χ3v) is 6.65. The largest absolute Gasteiger partial charge is 0.444 e. The van der Waals surface area contributed by atoms with Gasteiger partial charge < -0.3 is 25.6 Å². The lowest BCUT2D eigenvalue weighted by Crippen LogP contribution is -2.58. The van der Waals surface area contributed by atoms with Crippen LogP contribution in [-0.4, -0.2) is 65.0 Å². The number of alkyl carbamates (subject to hydrolysis) is 1. The first-order chi connectivity index (χ1) is 16.6. The Balaban J connectivity index is 1.81. The topological polar surface area (TPSA) is 141 Å². The van der Waals surface area contributed by atoms with Crippen LogP contribution in [0.25, 0.3) is 0 Å². The van der Waals surface area contributed by atoms with Crippen LogP contribution in [0.1, 0.15) is 72.1 Å². The molecule has 2 aliphatic heterocycles. The van der Waals surface area contributed by atoms with Crippen LogP contribution in [-0.2, 0) is 19.1 Å². The Kier molecular flexibility index (Phi) is 8.41. The van der Waals surface area contributed by atoms with Crippen LogP contribution in [0, 0.1) is 17.2 Å². The molecule has 0 radical (unpaired) electrons. The zero-order valence-electron chi connectivity index (χ0n) is 20.9. The van der Waals surface area contributed by atoms with Crippen LogP contribution in [0.15, 0.2) is 12.2 Å². The molecule has 0 unspecified atom stereocenters. The number of nitriles is 1. The molecule has 0 bridgehead atoms. The van der Waals surface area contributed by atoms with Crippen molar-refractivity contribution >= 4 is 23.8 Å². The molecule has 1 saturated carbocycles. The lowest BCUT2D eigenvalue weighted by Gasteiger charge is -2.30. The van der Waals surface area contributed by atoms with E-state index in [0.717, 1.165) is 25.7 Å². The Hall–Kier alpha value is -3.09. The summed E-state index contributed by atoms with van der Waals surface area (Å²) in [5.41, 5.74) is -1.80. The highest BCUT2D eigenvalue weighted by Gasteiger charge is 2.60. The van der Waals surface area contributed by atoms with Gasteiger partial charge in [-0.25, -0.2) is 4.79 Å². The van der Waals surface area contributed by atoms with Gasteiger partial charge in [0.2, 0.25) is 17.7 Å². The van der Waals surface area contributed by atoms with E-state index in [2.05, 4.69) is 16.0 Å². The second-order valence-electron chi connectivity index (χ2n) is 10.6. The van der Waals surface area contributed by atoms with Crippen LogP contribution in [0.2, 0.25) is 0 Å². The Morgan fingerprint density at radius 1 is 1.23 bits per heavy atom. The number of amides is 4. The van der Waals surface area contributed by atoms with Gasteiger partial charge in [-0.05, 0) is 59.3 Å². The second-order valence-corrected chi connectivity index (χ2v) is 10.6. The summed E-state index contributed by atoms with van der Waals surface area (Å²) in [6, 6.07) is 0.380. The van der Waals surface area contributed by atoms with E-state index in [0.29, 0.717) is 32.2 Å². The average molecular weight is 488 g/mol. The lowest BCUT2D eigenvalue weighted by atomic mass is 10.0. The van der Waals surface area contributed by atoms with Crippen LogP contribution >= 0.6 is 0 Å². The van der Waals surface area contributed by atoms with E-state index in [9.17, 15) is 19.2 Å². The van der Waals surface area contributed by atoms with Crippen molar-refractivity contribution in [3.8, 4) is 6.07 Å². The van der Waals surface area contributed by atoms with Crippen molar-refractivity contribution in [2.75, 3.05) is 13.1 Å². The summed E-state index contributed by atoms with van der Waals surface area (Å²) in [5, 5.41) is 17.1. The molecule has 2 fully saturated rings. The molecular formula is C25H37N5O5. The molecule has 3 rings (SSSR count). The van der Waals surface area contributed by atoms with Crippen molar-refractivity contribution in [3.05, 3.63) is 12.2 Å². The van der Waals surface area contributed by atoms with E-state index in [4.69, 9.17) is 10.00 Å². The summed E-state index contributed by atoms with van der Waals surface area (Å²) in [7, 11) is 0. The Morgan fingerprint density at radius 2 is 2.00 bits per heavy atom. The summed E-state index contributed by atoms with van der Waals surface area (Å²) in [4.78, 5) is 53.6. The van der Waals surface area contributed by atoms with E-state index in [1.807, 2.05) is 18.2 Å².